The van der Waals surface area contributed by atoms with E-state index in [2.05, 4.69) is 25.9 Å². The van der Waals surface area contributed by atoms with E-state index in [4.69, 9.17) is 5.73 Å². The first kappa shape index (κ1) is 26.5. The number of H-pyrrole nitrogens is 1. The molecule has 3 unspecified atom stereocenters. The lowest BCUT2D eigenvalue weighted by Crippen LogP contribution is -2.54. The summed E-state index contributed by atoms with van der Waals surface area (Å²) in [6.07, 6.45) is 3.69. The van der Waals surface area contributed by atoms with Crippen LogP contribution in [0.1, 0.15) is 31.5 Å². The number of rotatable bonds is 13. The Balaban J connectivity index is 2.00. The summed E-state index contributed by atoms with van der Waals surface area (Å²) < 4.78 is 0. The number of nitrogens with one attached hydrogen (secondary N) is 4. The summed E-state index contributed by atoms with van der Waals surface area (Å²) in [5.41, 5.74) is 7.47. The molecule has 3 atom stereocenters. The van der Waals surface area contributed by atoms with E-state index < -0.39 is 48.4 Å². The van der Waals surface area contributed by atoms with Crippen molar-refractivity contribution in [1.29, 1.82) is 0 Å². The molecule has 2 aromatic rings. The van der Waals surface area contributed by atoms with Gasteiger partial charge in [-0.2, -0.15) is 0 Å². The van der Waals surface area contributed by atoms with Crippen LogP contribution in [0.15, 0.2) is 42.9 Å². The highest BCUT2D eigenvalue weighted by molar-refractivity contribution is 5.92. The molecule has 0 bridgehead atoms. The quantitative estimate of drug-likeness (QED) is 0.232. The van der Waals surface area contributed by atoms with Crippen LogP contribution in [0.25, 0.3) is 0 Å². The predicted molar refractivity (Wildman–Crippen MR) is 124 cm³/mol. The number of nitrogens with two attached hydrogens (primary N) is 1. The minimum absolute atomic E-state index is 0.0624. The minimum atomic E-state index is -1.14. The molecule has 1 heterocycles. The van der Waals surface area contributed by atoms with Crippen molar-refractivity contribution < 1.29 is 24.3 Å². The zero-order valence-electron chi connectivity index (χ0n) is 19.3. The predicted octanol–water partition coefficient (Wildman–Crippen LogP) is -0.261. The molecule has 34 heavy (non-hydrogen) atoms. The van der Waals surface area contributed by atoms with E-state index in [0.29, 0.717) is 5.69 Å². The van der Waals surface area contributed by atoms with Crippen molar-refractivity contribution in [2.75, 3.05) is 6.54 Å². The summed E-state index contributed by atoms with van der Waals surface area (Å²) >= 11 is 0. The normalized spacial score (nSPS) is 13.5. The number of imidazole rings is 1. The Morgan fingerprint density at radius 3 is 2.32 bits per heavy atom. The first-order valence-electron chi connectivity index (χ1n) is 11.0. The van der Waals surface area contributed by atoms with Crippen LogP contribution in [-0.4, -0.2) is 63.4 Å². The van der Waals surface area contributed by atoms with Gasteiger partial charge >= 0.3 is 5.97 Å². The van der Waals surface area contributed by atoms with Crippen molar-refractivity contribution in [3.8, 4) is 0 Å². The van der Waals surface area contributed by atoms with E-state index >= 15 is 0 Å². The third-order valence-corrected chi connectivity index (χ3v) is 5.01. The van der Waals surface area contributed by atoms with Crippen LogP contribution in [0.3, 0.4) is 0 Å². The average molecular weight is 473 g/mol. The molecule has 1 aromatic heterocycles. The number of aliphatic carboxylic acids is 1. The first-order chi connectivity index (χ1) is 16.2. The number of benzene rings is 1. The molecule has 184 valence electrons. The zero-order chi connectivity index (χ0) is 25.1. The zero-order valence-corrected chi connectivity index (χ0v) is 19.3. The van der Waals surface area contributed by atoms with Crippen molar-refractivity contribution in [3.05, 3.63) is 54.1 Å². The van der Waals surface area contributed by atoms with Crippen LogP contribution < -0.4 is 21.7 Å². The molecule has 11 heteroatoms. The highest BCUT2D eigenvalue weighted by Gasteiger charge is 2.26. The number of carboxylic acid groups (broad SMARTS) is 1. The van der Waals surface area contributed by atoms with Gasteiger partial charge < -0.3 is 31.8 Å². The summed E-state index contributed by atoms with van der Waals surface area (Å²) in [5.74, 6) is -2.83. The molecule has 11 nitrogen and oxygen atoms in total. The van der Waals surface area contributed by atoms with Crippen molar-refractivity contribution >= 4 is 23.7 Å². The van der Waals surface area contributed by atoms with Gasteiger partial charge in [0.25, 0.3) is 0 Å². The van der Waals surface area contributed by atoms with Crippen molar-refractivity contribution in [3.63, 3.8) is 0 Å². The van der Waals surface area contributed by atoms with Gasteiger partial charge in [-0.15, -0.1) is 0 Å². The van der Waals surface area contributed by atoms with Gasteiger partial charge in [-0.1, -0.05) is 44.2 Å². The molecule has 0 spiro atoms. The number of carboxylic acids is 1. The Hall–Kier alpha value is -3.73. The lowest BCUT2D eigenvalue weighted by atomic mass is 10.0. The maximum absolute atomic E-state index is 12.8. The van der Waals surface area contributed by atoms with Gasteiger partial charge in [0.1, 0.15) is 12.1 Å². The van der Waals surface area contributed by atoms with Crippen LogP contribution in [0.4, 0.5) is 0 Å². The molecule has 0 aliphatic heterocycles. The summed E-state index contributed by atoms with van der Waals surface area (Å²) in [6.45, 7) is 3.26. The molecule has 0 saturated heterocycles. The van der Waals surface area contributed by atoms with Crippen LogP contribution in [0.2, 0.25) is 0 Å². The number of amides is 3. The smallest absolute Gasteiger partial charge is 0.326 e. The van der Waals surface area contributed by atoms with Crippen molar-refractivity contribution in [1.82, 2.24) is 25.9 Å². The van der Waals surface area contributed by atoms with Crippen LogP contribution in [-0.2, 0) is 32.0 Å². The molecule has 1 aromatic carbocycles. The number of hydrogen-bond acceptors (Lipinski definition) is 6. The van der Waals surface area contributed by atoms with Crippen LogP contribution in [0, 0.1) is 5.92 Å². The van der Waals surface area contributed by atoms with Gasteiger partial charge in [-0.05, 0) is 17.9 Å². The van der Waals surface area contributed by atoms with E-state index in [1.165, 1.54) is 6.33 Å². The maximum Gasteiger partial charge on any atom is 0.326 e. The Labute approximate surface area is 197 Å². The maximum atomic E-state index is 12.8. The Morgan fingerprint density at radius 2 is 1.74 bits per heavy atom. The van der Waals surface area contributed by atoms with E-state index in [1.54, 1.807) is 6.20 Å². The summed E-state index contributed by atoms with van der Waals surface area (Å²) in [5, 5.41) is 16.8. The monoisotopic (exact) mass is 472 g/mol. The molecular weight excluding hydrogens is 440 g/mol. The number of carbonyl (C=O) groups is 4. The fraction of sp³-hybridized carbons (Fsp3) is 0.435. The first-order valence-corrected chi connectivity index (χ1v) is 11.0. The summed E-state index contributed by atoms with van der Waals surface area (Å²) in [6, 6.07) is 6.13. The Bertz CT molecular complexity index is 948. The molecule has 0 radical (unpaired) electrons. The minimum Gasteiger partial charge on any atom is -0.480 e. The van der Waals surface area contributed by atoms with Gasteiger partial charge in [-0.25, -0.2) is 9.78 Å². The number of aromatic nitrogens is 2. The Kier molecular flexibility index (Phi) is 10.2. The van der Waals surface area contributed by atoms with Gasteiger partial charge in [0, 0.05) is 24.7 Å². The van der Waals surface area contributed by atoms with E-state index in [-0.39, 0.29) is 25.2 Å². The lowest BCUT2D eigenvalue weighted by molar-refractivity contribution is -0.142. The largest absolute Gasteiger partial charge is 0.480 e. The molecule has 0 saturated carbocycles. The number of hydrogen-bond donors (Lipinski definition) is 6. The highest BCUT2D eigenvalue weighted by Crippen LogP contribution is 2.06. The van der Waals surface area contributed by atoms with Crippen molar-refractivity contribution in [2.24, 2.45) is 11.7 Å². The van der Waals surface area contributed by atoms with E-state index in [0.717, 1.165) is 5.56 Å². The summed E-state index contributed by atoms with van der Waals surface area (Å²) in [4.78, 5) is 55.8. The summed E-state index contributed by atoms with van der Waals surface area (Å²) in [7, 11) is 0. The molecule has 3 amide bonds. The second-order valence-electron chi connectivity index (χ2n) is 8.44. The third kappa shape index (κ3) is 9.02. The second kappa shape index (κ2) is 13.1. The van der Waals surface area contributed by atoms with Crippen LogP contribution in [0.5, 0.6) is 0 Å². The van der Waals surface area contributed by atoms with Gasteiger partial charge in [0.15, 0.2) is 0 Å². The molecule has 0 fully saturated rings. The number of nitrogens with zero attached hydrogens (tertiary/aromatic N) is 1. The van der Waals surface area contributed by atoms with Gasteiger partial charge in [0.2, 0.25) is 17.7 Å². The number of aromatic amines is 1. The topological polar surface area (TPSA) is 179 Å². The SMILES string of the molecule is CC(C)CC(NC(=O)CNC(=O)C(Cc1ccccc1)NC(=O)C(N)Cc1cnc[nH]1)C(=O)O. The number of carbonyl (C=O) groups excluding carboxylic acids is 3. The third-order valence-electron chi connectivity index (χ3n) is 5.01. The second-order valence-corrected chi connectivity index (χ2v) is 8.44. The molecule has 0 aliphatic rings. The van der Waals surface area contributed by atoms with Gasteiger partial charge in [0.05, 0.1) is 18.9 Å². The fourth-order valence-corrected chi connectivity index (χ4v) is 3.29. The van der Waals surface area contributed by atoms with Crippen molar-refractivity contribution in [2.45, 2.75) is 51.2 Å². The highest BCUT2D eigenvalue weighted by atomic mass is 16.4. The lowest BCUT2D eigenvalue weighted by Gasteiger charge is -2.21. The standard InChI is InChI=1S/C23H32N6O5/c1-14(2)8-19(23(33)34)28-20(30)12-26-22(32)18(9-15-6-4-3-5-7-15)29-21(31)17(24)10-16-11-25-13-27-16/h3-7,11,13-14,17-19H,8-10,12,24H2,1-2H3,(H,25,27)(H,26,32)(H,28,30)(H,29,31)(H,33,34). The Morgan fingerprint density at radius 1 is 1.03 bits per heavy atom. The van der Waals surface area contributed by atoms with E-state index in [1.807, 2.05) is 44.2 Å². The molecule has 2 rings (SSSR count). The molecule has 7 N–H and O–H groups in total. The molecular formula is C23H32N6O5. The van der Waals surface area contributed by atoms with E-state index in [9.17, 15) is 24.3 Å². The average Bonchev–Trinajstić information content (AvgIpc) is 3.29. The van der Waals surface area contributed by atoms with Gasteiger partial charge in [-0.3, -0.25) is 14.4 Å². The fourth-order valence-electron chi connectivity index (χ4n) is 3.29. The van der Waals surface area contributed by atoms with Crippen LogP contribution >= 0.6 is 0 Å². The molecule has 0 aliphatic carbocycles.